The molecule has 1 fully saturated rings. The Labute approximate surface area is 160 Å². The van der Waals surface area contributed by atoms with Crippen molar-refractivity contribution in [1.29, 1.82) is 0 Å². The maximum absolute atomic E-state index is 12.9. The van der Waals surface area contributed by atoms with Crippen molar-refractivity contribution in [2.75, 3.05) is 33.9 Å². The lowest BCUT2D eigenvalue weighted by Crippen LogP contribution is -2.48. The van der Waals surface area contributed by atoms with Gasteiger partial charge in [0.1, 0.15) is 9.88 Å². The van der Waals surface area contributed by atoms with Crippen molar-refractivity contribution in [3.05, 3.63) is 28.8 Å². The molecule has 0 aliphatic carbocycles. The third-order valence-corrected chi connectivity index (χ3v) is 5.44. The summed E-state index contributed by atoms with van der Waals surface area (Å²) in [5, 5.41) is 9.79. The number of aliphatic carboxylic acids is 1. The molecule has 0 saturated carbocycles. The fourth-order valence-electron chi connectivity index (χ4n) is 2.81. The predicted octanol–water partition coefficient (Wildman–Crippen LogP) is 2.06. The summed E-state index contributed by atoms with van der Waals surface area (Å²) in [6.45, 7) is 2.34. The Morgan fingerprint density at radius 3 is 2.70 bits per heavy atom. The zero-order chi connectivity index (χ0) is 19.6. The van der Waals surface area contributed by atoms with E-state index in [-0.39, 0.29) is 19.1 Å². The normalized spacial score (nSPS) is 16.9. The van der Waals surface area contributed by atoms with Gasteiger partial charge in [0, 0.05) is 12.1 Å². The van der Waals surface area contributed by atoms with Gasteiger partial charge in [0.15, 0.2) is 17.6 Å². The molecule has 1 aliphatic rings. The van der Waals surface area contributed by atoms with E-state index in [4.69, 9.17) is 19.3 Å². The fraction of sp³-hybridized carbons (Fsp3) is 0.389. The molecule has 9 heteroatoms. The summed E-state index contributed by atoms with van der Waals surface area (Å²) in [6.07, 6.45) is -0.999. The minimum atomic E-state index is -1.07. The van der Waals surface area contributed by atoms with Gasteiger partial charge in [0.25, 0.3) is 5.91 Å². The summed E-state index contributed by atoms with van der Waals surface area (Å²) in [7, 11) is 3.12. The number of benzene rings is 1. The van der Waals surface area contributed by atoms with Crippen LogP contribution < -0.4 is 9.47 Å². The van der Waals surface area contributed by atoms with E-state index in [2.05, 4.69) is 4.98 Å². The number of morpholine rings is 1. The van der Waals surface area contributed by atoms with E-state index in [1.54, 1.807) is 33.3 Å². The van der Waals surface area contributed by atoms with Gasteiger partial charge in [-0.05, 0) is 25.1 Å². The number of carbonyl (C=O) groups is 2. The molecule has 27 heavy (non-hydrogen) atoms. The summed E-state index contributed by atoms with van der Waals surface area (Å²) >= 11 is 1.27. The van der Waals surface area contributed by atoms with Crippen LogP contribution in [0.5, 0.6) is 11.5 Å². The van der Waals surface area contributed by atoms with Gasteiger partial charge < -0.3 is 24.2 Å². The first-order valence-corrected chi connectivity index (χ1v) is 9.09. The molecular weight excluding hydrogens is 372 g/mol. The standard InChI is InChI=1S/C18H20N2O6S/c1-10-15(17(21)20-6-7-26-14(9-20)18(22)23)27-16(19-10)11-4-5-12(24-2)13(8-11)25-3/h4-5,8,14H,6-7,9H2,1-3H3,(H,22,23). The molecule has 1 N–H and O–H groups in total. The summed E-state index contributed by atoms with van der Waals surface area (Å²) in [6, 6.07) is 5.44. The number of aryl methyl sites for hydroxylation is 1. The largest absolute Gasteiger partial charge is 0.493 e. The second-order valence-corrected chi connectivity index (χ2v) is 6.95. The number of aromatic nitrogens is 1. The minimum Gasteiger partial charge on any atom is -0.493 e. The molecule has 1 aromatic heterocycles. The third kappa shape index (κ3) is 3.88. The summed E-state index contributed by atoms with van der Waals surface area (Å²) in [5.74, 6) is -0.113. The summed E-state index contributed by atoms with van der Waals surface area (Å²) in [5.41, 5.74) is 1.42. The Kier molecular flexibility index (Phi) is 5.62. The lowest BCUT2D eigenvalue weighted by Gasteiger charge is -2.30. The van der Waals surface area contributed by atoms with Crippen LogP contribution in [-0.2, 0) is 9.53 Å². The van der Waals surface area contributed by atoms with Crippen molar-refractivity contribution in [2.45, 2.75) is 13.0 Å². The smallest absolute Gasteiger partial charge is 0.334 e. The monoisotopic (exact) mass is 392 g/mol. The highest BCUT2D eigenvalue weighted by Gasteiger charge is 2.31. The number of nitrogens with zero attached hydrogens (tertiary/aromatic N) is 2. The van der Waals surface area contributed by atoms with Crippen LogP contribution in [0.15, 0.2) is 18.2 Å². The molecule has 1 saturated heterocycles. The zero-order valence-electron chi connectivity index (χ0n) is 15.2. The molecule has 1 aromatic carbocycles. The van der Waals surface area contributed by atoms with E-state index in [1.165, 1.54) is 16.2 Å². The summed E-state index contributed by atoms with van der Waals surface area (Å²) in [4.78, 5) is 30.5. The second-order valence-electron chi connectivity index (χ2n) is 5.95. The van der Waals surface area contributed by atoms with E-state index in [9.17, 15) is 9.59 Å². The number of hydrogen-bond donors (Lipinski definition) is 1. The van der Waals surface area contributed by atoms with Crippen molar-refractivity contribution in [2.24, 2.45) is 0 Å². The molecular formula is C18H20N2O6S. The molecule has 1 atom stereocenters. The van der Waals surface area contributed by atoms with E-state index in [1.807, 2.05) is 6.07 Å². The van der Waals surface area contributed by atoms with Gasteiger partial charge in [-0.15, -0.1) is 11.3 Å². The Bertz CT molecular complexity index is 866. The molecule has 1 aliphatic heterocycles. The van der Waals surface area contributed by atoms with Gasteiger partial charge in [-0.2, -0.15) is 0 Å². The highest BCUT2D eigenvalue weighted by Crippen LogP contribution is 2.35. The van der Waals surface area contributed by atoms with Crippen LogP contribution in [0.25, 0.3) is 10.6 Å². The number of methoxy groups -OCH3 is 2. The van der Waals surface area contributed by atoms with Crippen LogP contribution in [0.2, 0.25) is 0 Å². The number of carbonyl (C=O) groups excluding carboxylic acids is 1. The number of carboxylic acids is 1. The molecule has 8 nitrogen and oxygen atoms in total. The van der Waals surface area contributed by atoms with Gasteiger partial charge in [0.05, 0.1) is 33.1 Å². The highest BCUT2D eigenvalue weighted by atomic mass is 32.1. The first kappa shape index (κ1) is 19.1. The van der Waals surface area contributed by atoms with Gasteiger partial charge in [-0.1, -0.05) is 0 Å². The third-order valence-electron chi connectivity index (χ3n) is 4.25. The van der Waals surface area contributed by atoms with Gasteiger partial charge in [0.2, 0.25) is 0 Å². The van der Waals surface area contributed by atoms with Crippen LogP contribution in [0.1, 0.15) is 15.4 Å². The number of thiazole rings is 1. The van der Waals surface area contributed by atoms with Crippen molar-refractivity contribution in [3.63, 3.8) is 0 Å². The number of hydrogen-bond acceptors (Lipinski definition) is 7. The average Bonchev–Trinajstić information content (AvgIpc) is 3.08. The van der Waals surface area contributed by atoms with Crippen LogP contribution >= 0.6 is 11.3 Å². The Balaban J connectivity index is 1.86. The van der Waals surface area contributed by atoms with Crippen molar-refractivity contribution in [3.8, 4) is 22.1 Å². The molecule has 0 spiro atoms. The fourth-order valence-corrected chi connectivity index (χ4v) is 3.84. The number of carboxylic acid groups (broad SMARTS) is 1. The average molecular weight is 392 g/mol. The van der Waals surface area contributed by atoms with Crippen LogP contribution in [0.4, 0.5) is 0 Å². The van der Waals surface area contributed by atoms with Crippen LogP contribution in [0, 0.1) is 6.92 Å². The van der Waals surface area contributed by atoms with E-state index < -0.39 is 12.1 Å². The second kappa shape index (κ2) is 7.93. The number of amides is 1. The van der Waals surface area contributed by atoms with Gasteiger partial charge >= 0.3 is 5.97 Å². The van der Waals surface area contributed by atoms with Crippen LogP contribution in [0.3, 0.4) is 0 Å². The summed E-state index contributed by atoms with van der Waals surface area (Å²) < 4.78 is 15.7. The molecule has 0 bridgehead atoms. The molecule has 0 radical (unpaired) electrons. The molecule has 2 aromatic rings. The number of rotatable bonds is 5. The van der Waals surface area contributed by atoms with Gasteiger partial charge in [-0.25, -0.2) is 9.78 Å². The van der Waals surface area contributed by atoms with Crippen LogP contribution in [-0.4, -0.2) is 66.9 Å². The SMILES string of the molecule is COc1ccc(-c2nc(C)c(C(=O)N3CCOC(C(=O)O)C3)s2)cc1OC. The Morgan fingerprint density at radius 1 is 1.30 bits per heavy atom. The van der Waals surface area contributed by atoms with E-state index in [0.717, 1.165) is 5.56 Å². The lowest BCUT2D eigenvalue weighted by molar-refractivity contribution is -0.154. The van der Waals surface area contributed by atoms with E-state index >= 15 is 0 Å². The highest BCUT2D eigenvalue weighted by molar-refractivity contribution is 7.17. The number of ether oxygens (including phenoxy) is 3. The zero-order valence-corrected chi connectivity index (χ0v) is 16.0. The van der Waals surface area contributed by atoms with Crippen molar-refractivity contribution in [1.82, 2.24) is 9.88 Å². The first-order valence-electron chi connectivity index (χ1n) is 8.28. The Hall–Kier alpha value is -2.65. The van der Waals surface area contributed by atoms with Crippen molar-refractivity contribution >= 4 is 23.2 Å². The lowest BCUT2D eigenvalue weighted by atomic mass is 10.2. The molecule has 144 valence electrons. The quantitative estimate of drug-likeness (QED) is 0.832. The maximum Gasteiger partial charge on any atom is 0.334 e. The molecule has 1 amide bonds. The molecule has 1 unspecified atom stereocenters. The predicted molar refractivity (Wildman–Crippen MR) is 98.7 cm³/mol. The van der Waals surface area contributed by atoms with E-state index in [0.29, 0.717) is 33.6 Å². The van der Waals surface area contributed by atoms with Gasteiger partial charge in [-0.3, -0.25) is 4.79 Å². The maximum atomic E-state index is 12.9. The molecule has 3 rings (SSSR count). The minimum absolute atomic E-state index is 0.0250. The van der Waals surface area contributed by atoms with Crippen molar-refractivity contribution < 1.29 is 28.9 Å². The molecule has 2 heterocycles. The topological polar surface area (TPSA) is 98.2 Å². The first-order chi connectivity index (χ1) is 12.9. The Morgan fingerprint density at radius 2 is 2.04 bits per heavy atom.